The molecule has 49 heavy (non-hydrogen) atoms. The number of guanidine groups is 1. The summed E-state index contributed by atoms with van der Waals surface area (Å²) < 4.78 is 0. The summed E-state index contributed by atoms with van der Waals surface area (Å²) in [6, 6.07) is 15.9. The van der Waals surface area contributed by atoms with Gasteiger partial charge in [-0.1, -0.05) is 93.1 Å². The number of hydrogen-bond donors (Lipinski definition) is 7. The highest BCUT2D eigenvalue weighted by atomic mass is 16.2. The number of amidine groups is 1. The summed E-state index contributed by atoms with van der Waals surface area (Å²) in [5.74, 6) is -0.790. The van der Waals surface area contributed by atoms with Crippen LogP contribution in [0.4, 0.5) is 0 Å². The van der Waals surface area contributed by atoms with Gasteiger partial charge in [0, 0.05) is 24.6 Å². The van der Waals surface area contributed by atoms with Crippen LogP contribution in [0, 0.1) is 23.2 Å². The Kier molecular flexibility index (Phi) is 14.9. The molecule has 0 bridgehead atoms. The third-order valence-electron chi connectivity index (χ3n) is 10.1. The fourth-order valence-corrected chi connectivity index (χ4v) is 7.34. The normalized spacial score (nSPS) is 17.2. The van der Waals surface area contributed by atoms with Crippen LogP contribution in [0.25, 0.3) is 0 Å². The molecule has 3 atom stereocenters. The van der Waals surface area contributed by atoms with Crippen LogP contribution in [0.15, 0.2) is 59.6 Å². The first-order valence-corrected chi connectivity index (χ1v) is 18.1. The number of rotatable bonds is 17. The topological polar surface area (TPSA) is 202 Å². The Labute approximate surface area is 291 Å². The van der Waals surface area contributed by atoms with Crippen molar-refractivity contribution in [3.8, 4) is 0 Å². The highest BCUT2D eigenvalue weighted by molar-refractivity contribution is 5.95. The second-order valence-corrected chi connectivity index (χ2v) is 13.7. The minimum absolute atomic E-state index is 0.00822. The number of carbonyl (C=O) groups is 3. The number of aliphatic imine (C=N–C) groups is 1. The molecule has 2 aliphatic carbocycles. The fourth-order valence-electron chi connectivity index (χ4n) is 7.34. The third-order valence-corrected chi connectivity index (χ3v) is 10.1. The SMILES string of the molecule is N=C(N)c1ccc(CC(C(=O)N[C@H](C(=O)NC(CCCN=C(N)N)C(=O)NCCc2ccccc2)C2CCCCC2)C2CCCCC2)cc1. The van der Waals surface area contributed by atoms with Gasteiger partial charge in [-0.15, -0.1) is 0 Å². The second kappa shape index (κ2) is 19.6. The van der Waals surface area contributed by atoms with Crippen LogP contribution in [0.3, 0.4) is 0 Å². The molecule has 0 aliphatic heterocycles. The number of carbonyl (C=O) groups excluding carboxylic acids is 3. The Bertz CT molecular complexity index is 1380. The summed E-state index contributed by atoms with van der Waals surface area (Å²) in [5, 5.41) is 17.0. The molecular weight excluding hydrogens is 616 g/mol. The van der Waals surface area contributed by atoms with Gasteiger partial charge in [0.1, 0.15) is 17.9 Å². The van der Waals surface area contributed by atoms with Crippen molar-refractivity contribution in [3.05, 3.63) is 71.3 Å². The van der Waals surface area contributed by atoms with Gasteiger partial charge in [-0.25, -0.2) is 0 Å². The van der Waals surface area contributed by atoms with Crippen molar-refractivity contribution >= 4 is 29.5 Å². The molecule has 11 heteroatoms. The van der Waals surface area contributed by atoms with Crippen molar-refractivity contribution in [1.82, 2.24) is 16.0 Å². The molecule has 10 N–H and O–H groups in total. The lowest BCUT2D eigenvalue weighted by Gasteiger charge is -2.34. The van der Waals surface area contributed by atoms with Crippen LogP contribution >= 0.6 is 0 Å². The standard InChI is InChI=1S/C38H56N8O3/c39-34(40)30-20-18-27(19-21-30)25-31(28-13-6-2-7-14-28)35(47)46-33(29-15-8-3-9-16-29)37(49)45-32(17-10-23-44-38(41)42)36(48)43-24-22-26-11-4-1-5-12-26/h1,4-5,11-12,18-21,28-29,31-33H,2-3,6-10,13-17,22-25H2,(H3,39,40)(H,43,48)(H,45,49)(H,46,47)(H4,41,42,44)/t31?,32?,33-/m0/s1. The smallest absolute Gasteiger partial charge is 0.243 e. The molecule has 0 aromatic heterocycles. The van der Waals surface area contributed by atoms with Crippen molar-refractivity contribution in [2.24, 2.45) is 39.9 Å². The van der Waals surface area contributed by atoms with Gasteiger partial charge in [-0.3, -0.25) is 24.8 Å². The molecule has 2 unspecified atom stereocenters. The zero-order chi connectivity index (χ0) is 35.0. The molecule has 2 aliphatic rings. The largest absolute Gasteiger partial charge is 0.384 e. The molecule has 2 saturated carbocycles. The van der Waals surface area contributed by atoms with E-state index in [-0.39, 0.29) is 47.3 Å². The van der Waals surface area contributed by atoms with Gasteiger partial charge in [-0.05, 0) is 74.3 Å². The first-order chi connectivity index (χ1) is 23.7. The van der Waals surface area contributed by atoms with E-state index in [9.17, 15) is 14.4 Å². The first-order valence-electron chi connectivity index (χ1n) is 18.1. The number of hydrogen-bond acceptors (Lipinski definition) is 5. The molecule has 11 nitrogen and oxygen atoms in total. The fraction of sp³-hybridized carbons (Fsp3) is 0.553. The Morgan fingerprint density at radius 2 is 1.39 bits per heavy atom. The first kappa shape index (κ1) is 37.4. The zero-order valence-electron chi connectivity index (χ0n) is 28.8. The van der Waals surface area contributed by atoms with Crippen LogP contribution in [0.2, 0.25) is 0 Å². The van der Waals surface area contributed by atoms with E-state index in [0.29, 0.717) is 44.3 Å². The average molecular weight is 673 g/mol. The number of nitrogens with one attached hydrogen (secondary N) is 4. The molecule has 0 spiro atoms. The molecule has 0 radical (unpaired) electrons. The predicted octanol–water partition coefficient (Wildman–Crippen LogP) is 3.67. The highest BCUT2D eigenvalue weighted by Crippen LogP contribution is 2.33. The maximum absolute atomic E-state index is 14.3. The second-order valence-electron chi connectivity index (χ2n) is 13.7. The minimum Gasteiger partial charge on any atom is -0.384 e. The lowest BCUT2D eigenvalue weighted by Crippen LogP contribution is -2.57. The third kappa shape index (κ3) is 12.2. The predicted molar refractivity (Wildman–Crippen MR) is 195 cm³/mol. The van der Waals surface area contributed by atoms with Crippen LogP contribution < -0.4 is 33.2 Å². The molecule has 4 rings (SSSR count). The molecule has 266 valence electrons. The van der Waals surface area contributed by atoms with E-state index in [2.05, 4.69) is 20.9 Å². The summed E-state index contributed by atoms with van der Waals surface area (Å²) in [6.07, 6.45) is 12.2. The zero-order valence-corrected chi connectivity index (χ0v) is 28.8. The number of nitrogens with two attached hydrogens (primary N) is 3. The van der Waals surface area contributed by atoms with E-state index in [1.54, 1.807) is 0 Å². The Balaban J connectivity index is 1.50. The van der Waals surface area contributed by atoms with Gasteiger partial charge < -0.3 is 33.2 Å². The monoisotopic (exact) mass is 672 g/mol. The summed E-state index contributed by atoms with van der Waals surface area (Å²) in [7, 11) is 0. The van der Waals surface area contributed by atoms with E-state index in [0.717, 1.165) is 68.9 Å². The van der Waals surface area contributed by atoms with Crippen molar-refractivity contribution in [1.29, 1.82) is 5.41 Å². The molecule has 2 aromatic carbocycles. The summed E-state index contributed by atoms with van der Waals surface area (Å²) in [6.45, 7) is 0.771. The van der Waals surface area contributed by atoms with Gasteiger partial charge in [0.05, 0.1) is 0 Å². The van der Waals surface area contributed by atoms with Gasteiger partial charge in [-0.2, -0.15) is 0 Å². The van der Waals surface area contributed by atoms with E-state index in [1.807, 2.05) is 54.6 Å². The lowest BCUT2D eigenvalue weighted by molar-refractivity contribution is -0.135. The number of benzene rings is 2. The van der Waals surface area contributed by atoms with Crippen molar-refractivity contribution in [3.63, 3.8) is 0 Å². The molecule has 3 amide bonds. The van der Waals surface area contributed by atoms with E-state index in [4.69, 9.17) is 22.6 Å². The minimum atomic E-state index is -0.797. The van der Waals surface area contributed by atoms with Crippen LogP contribution in [-0.2, 0) is 27.2 Å². The highest BCUT2D eigenvalue weighted by Gasteiger charge is 2.37. The van der Waals surface area contributed by atoms with Gasteiger partial charge >= 0.3 is 0 Å². The van der Waals surface area contributed by atoms with E-state index < -0.39 is 12.1 Å². The molecule has 2 fully saturated rings. The lowest BCUT2D eigenvalue weighted by atomic mass is 9.76. The Hall–Kier alpha value is -4.41. The quantitative estimate of drug-likeness (QED) is 0.0759. The molecule has 0 heterocycles. The maximum atomic E-state index is 14.3. The van der Waals surface area contributed by atoms with Crippen LogP contribution in [-0.4, -0.2) is 54.7 Å². The molecule has 2 aromatic rings. The number of amides is 3. The number of nitrogens with zero attached hydrogens (tertiary/aromatic N) is 1. The Morgan fingerprint density at radius 1 is 0.755 bits per heavy atom. The van der Waals surface area contributed by atoms with Crippen molar-refractivity contribution in [2.45, 2.75) is 102 Å². The van der Waals surface area contributed by atoms with E-state index >= 15 is 0 Å². The van der Waals surface area contributed by atoms with Gasteiger partial charge in [0.25, 0.3) is 0 Å². The summed E-state index contributed by atoms with van der Waals surface area (Å²) in [4.78, 5) is 46.0. The van der Waals surface area contributed by atoms with Gasteiger partial charge in [0.2, 0.25) is 17.7 Å². The van der Waals surface area contributed by atoms with Crippen LogP contribution in [0.1, 0.15) is 93.7 Å². The van der Waals surface area contributed by atoms with Crippen LogP contribution in [0.5, 0.6) is 0 Å². The summed E-state index contributed by atoms with van der Waals surface area (Å²) in [5.41, 5.74) is 19.4. The average Bonchev–Trinajstić information content (AvgIpc) is 3.11. The van der Waals surface area contributed by atoms with Gasteiger partial charge in [0.15, 0.2) is 5.96 Å². The Morgan fingerprint density at radius 3 is 2.00 bits per heavy atom. The number of nitrogen functional groups attached to an aromatic ring is 1. The van der Waals surface area contributed by atoms with E-state index in [1.165, 1.54) is 6.42 Å². The summed E-state index contributed by atoms with van der Waals surface area (Å²) >= 11 is 0. The molecular formula is C38H56N8O3. The van der Waals surface area contributed by atoms with Crippen molar-refractivity contribution < 1.29 is 14.4 Å². The van der Waals surface area contributed by atoms with Crippen molar-refractivity contribution in [2.75, 3.05) is 13.1 Å². The maximum Gasteiger partial charge on any atom is 0.243 e. The molecule has 0 saturated heterocycles.